The van der Waals surface area contributed by atoms with Gasteiger partial charge in [0.2, 0.25) is 5.91 Å². The minimum Gasteiger partial charge on any atom is -0.324 e. The molecule has 1 heterocycles. The first kappa shape index (κ1) is 16.3. The summed E-state index contributed by atoms with van der Waals surface area (Å²) >= 11 is 0. The summed E-state index contributed by atoms with van der Waals surface area (Å²) in [6.45, 7) is 1.44. The van der Waals surface area contributed by atoms with Gasteiger partial charge in [-0.25, -0.2) is 4.68 Å². The topological polar surface area (TPSA) is 107 Å². The molecule has 1 aromatic heterocycles. The standard InChI is InChI=1S/C17H14N4O4/c1-11-6-7-13(21(24)25)8-15(11)19-16(22)10-20-17(23)14-5-3-2-4-12(14)9-18-20/h2-9H,10H2,1H3,(H,19,22). The number of non-ortho nitro benzene ring substituents is 1. The van der Waals surface area contributed by atoms with E-state index >= 15 is 0 Å². The molecule has 0 aliphatic rings. The van der Waals surface area contributed by atoms with E-state index in [0.717, 1.165) is 4.68 Å². The van der Waals surface area contributed by atoms with Crippen LogP contribution in [0.3, 0.4) is 0 Å². The maximum absolute atomic E-state index is 12.4. The molecule has 0 radical (unpaired) electrons. The van der Waals surface area contributed by atoms with Crippen molar-refractivity contribution in [1.29, 1.82) is 0 Å². The van der Waals surface area contributed by atoms with Crippen LogP contribution in [-0.4, -0.2) is 20.6 Å². The van der Waals surface area contributed by atoms with E-state index in [1.165, 1.54) is 18.3 Å². The number of fused-ring (bicyclic) bond motifs is 1. The van der Waals surface area contributed by atoms with Crippen molar-refractivity contribution in [2.75, 3.05) is 5.32 Å². The van der Waals surface area contributed by atoms with Gasteiger partial charge in [0.05, 0.1) is 22.2 Å². The summed E-state index contributed by atoms with van der Waals surface area (Å²) < 4.78 is 1.06. The smallest absolute Gasteiger partial charge is 0.275 e. The van der Waals surface area contributed by atoms with Gasteiger partial charge in [0.1, 0.15) is 6.54 Å². The predicted molar refractivity (Wildman–Crippen MR) is 92.5 cm³/mol. The summed E-state index contributed by atoms with van der Waals surface area (Å²) in [7, 11) is 0. The van der Waals surface area contributed by atoms with Gasteiger partial charge < -0.3 is 5.32 Å². The third-order valence-electron chi connectivity index (χ3n) is 3.76. The van der Waals surface area contributed by atoms with Gasteiger partial charge in [-0.1, -0.05) is 24.3 Å². The molecule has 25 heavy (non-hydrogen) atoms. The Morgan fingerprint density at radius 3 is 2.80 bits per heavy atom. The second kappa shape index (κ2) is 6.52. The van der Waals surface area contributed by atoms with Crippen LogP contribution >= 0.6 is 0 Å². The fourth-order valence-corrected chi connectivity index (χ4v) is 2.42. The van der Waals surface area contributed by atoms with Crippen molar-refractivity contribution in [2.45, 2.75) is 13.5 Å². The third-order valence-corrected chi connectivity index (χ3v) is 3.76. The Morgan fingerprint density at radius 1 is 1.28 bits per heavy atom. The number of nitrogens with one attached hydrogen (secondary N) is 1. The van der Waals surface area contributed by atoms with Crippen LogP contribution in [0.1, 0.15) is 5.56 Å². The summed E-state index contributed by atoms with van der Waals surface area (Å²) in [4.78, 5) is 34.9. The van der Waals surface area contributed by atoms with Crippen LogP contribution in [0.5, 0.6) is 0 Å². The molecule has 3 aromatic rings. The molecular formula is C17H14N4O4. The number of nitrogens with zero attached hydrogens (tertiary/aromatic N) is 3. The largest absolute Gasteiger partial charge is 0.324 e. The van der Waals surface area contributed by atoms with Gasteiger partial charge in [-0.15, -0.1) is 0 Å². The summed E-state index contributed by atoms with van der Waals surface area (Å²) in [6, 6.07) is 11.2. The number of rotatable bonds is 4. The number of carbonyl (C=O) groups is 1. The van der Waals surface area contributed by atoms with Gasteiger partial charge in [0, 0.05) is 17.5 Å². The highest BCUT2D eigenvalue weighted by atomic mass is 16.6. The van der Waals surface area contributed by atoms with E-state index in [2.05, 4.69) is 10.4 Å². The second-order valence-corrected chi connectivity index (χ2v) is 5.50. The number of amides is 1. The Labute approximate surface area is 141 Å². The van der Waals surface area contributed by atoms with E-state index < -0.39 is 10.8 Å². The van der Waals surface area contributed by atoms with Crippen molar-refractivity contribution in [1.82, 2.24) is 9.78 Å². The van der Waals surface area contributed by atoms with Crippen molar-refractivity contribution >= 4 is 28.1 Å². The van der Waals surface area contributed by atoms with Gasteiger partial charge in [0.15, 0.2) is 0 Å². The fraction of sp³-hybridized carbons (Fsp3) is 0.118. The third kappa shape index (κ3) is 3.37. The van der Waals surface area contributed by atoms with Gasteiger partial charge in [0.25, 0.3) is 11.2 Å². The molecule has 0 atom stereocenters. The van der Waals surface area contributed by atoms with Crippen LogP contribution in [0.2, 0.25) is 0 Å². The molecule has 0 bridgehead atoms. The van der Waals surface area contributed by atoms with Crippen LogP contribution in [0.15, 0.2) is 53.5 Å². The monoisotopic (exact) mass is 338 g/mol. The molecule has 2 aromatic carbocycles. The van der Waals surface area contributed by atoms with E-state index in [9.17, 15) is 19.7 Å². The molecule has 0 aliphatic carbocycles. The highest BCUT2D eigenvalue weighted by Crippen LogP contribution is 2.21. The summed E-state index contributed by atoms with van der Waals surface area (Å²) in [5.74, 6) is -0.492. The Morgan fingerprint density at radius 2 is 2.04 bits per heavy atom. The van der Waals surface area contributed by atoms with E-state index in [0.29, 0.717) is 22.0 Å². The molecule has 126 valence electrons. The van der Waals surface area contributed by atoms with Crippen LogP contribution in [0.25, 0.3) is 10.8 Å². The Bertz CT molecular complexity index is 1040. The van der Waals surface area contributed by atoms with Gasteiger partial charge in [-0.2, -0.15) is 5.10 Å². The molecule has 0 aliphatic heterocycles. The number of hydrogen-bond acceptors (Lipinski definition) is 5. The minimum atomic E-state index is -0.537. The minimum absolute atomic E-state index is 0.123. The van der Waals surface area contributed by atoms with E-state index in [1.807, 2.05) is 0 Å². The fourth-order valence-electron chi connectivity index (χ4n) is 2.42. The predicted octanol–water partition coefficient (Wildman–Crippen LogP) is 2.25. The Kier molecular flexibility index (Phi) is 4.25. The Hall–Kier alpha value is -3.55. The zero-order valence-electron chi connectivity index (χ0n) is 13.3. The van der Waals surface area contributed by atoms with Crippen molar-refractivity contribution in [3.8, 4) is 0 Å². The summed E-state index contributed by atoms with van der Waals surface area (Å²) in [6.07, 6.45) is 1.52. The second-order valence-electron chi connectivity index (χ2n) is 5.50. The molecule has 0 saturated heterocycles. The summed E-state index contributed by atoms with van der Waals surface area (Å²) in [5, 5.41) is 18.6. The molecule has 3 rings (SSSR count). The number of nitro groups is 1. The van der Waals surface area contributed by atoms with Crippen LogP contribution in [0.4, 0.5) is 11.4 Å². The lowest BCUT2D eigenvalue weighted by Crippen LogP contribution is -2.29. The highest BCUT2D eigenvalue weighted by Gasteiger charge is 2.13. The Balaban J connectivity index is 1.84. The maximum atomic E-state index is 12.4. The molecular weight excluding hydrogens is 324 g/mol. The number of nitro benzene ring substituents is 1. The molecule has 1 amide bonds. The van der Waals surface area contributed by atoms with E-state index in [-0.39, 0.29) is 17.8 Å². The zero-order valence-corrected chi connectivity index (χ0v) is 13.3. The first-order valence-corrected chi connectivity index (χ1v) is 7.45. The SMILES string of the molecule is Cc1ccc([N+](=O)[O-])cc1NC(=O)Cn1ncc2ccccc2c1=O. The van der Waals surface area contributed by atoms with Crippen molar-refractivity contribution in [3.63, 3.8) is 0 Å². The van der Waals surface area contributed by atoms with Crippen molar-refractivity contribution in [2.24, 2.45) is 0 Å². The molecule has 8 heteroatoms. The number of aromatic nitrogens is 2. The lowest BCUT2D eigenvalue weighted by atomic mass is 10.2. The first-order chi connectivity index (χ1) is 12.0. The molecule has 0 unspecified atom stereocenters. The summed E-state index contributed by atoms with van der Waals surface area (Å²) in [5.41, 5.74) is 0.511. The van der Waals surface area contributed by atoms with E-state index in [1.54, 1.807) is 37.3 Å². The number of hydrogen-bond donors (Lipinski definition) is 1. The maximum Gasteiger partial charge on any atom is 0.275 e. The normalized spacial score (nSPS) is 10.6. The average Bonchev–Trinajstić information content (AvgIpc) is 2.59. The zero-order chi connectivity index (χ0) is 18.0. The molecule has 1 N–H and O–H groups in total. The number of benzene rings is 2. The average molecular weight is 338 g/mol. The number of carbonyl (C=O) groups excluding carboxylic acids is 1. The van der Waals surface area contributed by atoms with Gasteiger partial charge in [-0.05, 0) is 18.6 Å². The lowest BCUT2D eigenvalue weighted by Gasteiger charge is -2.09. The van der Waals surface area contributed by atoms with E-state index in [4.69, 9.17) is 0 Å². The molecule has 0 fully saturated rings. The lowest BCUT2D eigenvalue weighted by molar-refractivity contribution is -0.384. The molecule has 8 nitrogen and oxygen atoms in total. The number of aryl methyl sites for hydroxylation is 1. The van der Waals surface area contributed by atoms with Crippen LogP contribution in [-0.2, 0) is 11.3 Å². The van der Waals surface area contributed by atoms with Crippen LogP contribution < -0.4 is 10.9 Å². The van der Waals surface area contributed by atoms with Gasteiger partial charge in [-0.3, -0.25) is 19.7 Å². The van der Waals surface area contributed by atoms with Crippen LogP contribution in [0, 0.1) is 17.0 Å². The molecule has 0 saturated carbocycles. The first-order valence-electron chi connectivity index (χ1n) is 7.45. The van der Waals surface area contributed by atoms with Gasteiger partial charge >= 0.3 is 0 Å². The van der Waals surface area contributed by atoms with Crippen molar-refractivity contribution in [3.05, 3.63) is 74.7 Å². The quantitative estimate of drug-likeness (QED) is 0.580. The molecule has 0 spiro atoms. The highest BCUT2D eigenvalue weighted by molar-refractivity contribution is 5.92. The number of anilines is 1. The van der Waals surface area contributed by atoms with Crippen molar-refractivity contribution < 1.29 is 9.72 Å².